The number of aromatic carboxylic acids is 1. The molecule has 1 N–H and O–H groups in total. The quantitative estimate of drug-likeness (QED) is 0.899. The molecule has 2 aromatic rings. The average Bonchev–Trinajstić information content (AvgIpc) is 2.43. The lowest BCUT2D eigenvalue weighted by molar-refractivity contribution is 0.0691. The van der Waals surface area contributed by atoms with Crippen LogP contribution in [-0.4, -0.2) is 22.7 Å². The van der Waals surface area contributed by atoms with Gasteiger partial charge in [-0.1, -0.05) is 39.0 Å². The van der Waals surface area contributed by atoms with Gasteiger partial charge in [0, 0.05) is 5.39 Å². The van der Waals surface area contributed by atoms with Crippen LogP contribution in [0.4, 0.5) is 0 Å². The number of rotatable bonds is 5. The first-order chi connectivity index (χ1) is 9.54. The molecule has 0 saturated carbocycles. The fourth-order valence-electron chi connectivity index (χ4n) is 2.13. The van der Waals surface area contributed by atoms with Crippen molar-refractivity contribution in [3.63, 3.8) is 0 Å². The number of carbonyl (C=O) groups is 1. The molecule has 1 aromatic heterocycles. The monoisotopic (exact) mass is 273 g/mol. The van der Waals surface area contributed by atoms with Crippen molar-refractivity contribution in [3.8, 4) is 5.88 Å². The van der Waals surface area contributed by atoms with E-state index in [1.165, 1.54) is 0 Å². The van der Waals surface area contributed by atoms with Crippen molar-refractivity contribution in [1.82, 2.24) is 4.98 Å². The highest BCUT2D eigenvalue weighted by Gasteiger charge is 2.16. The van der Waals surface area contributed by atoms with Gasteiger partial charge in [-0.15, -0.1) is 0 Å². The number of fused-ring (bicyclic) bond motifs is 1. The van der Waals surface area contributed by atoms with Gasteiger partial charge in [-0.25, -0.2) is 9.78 Å². The first-order valence-electron chi connectivity index (χ1n) is 6.84. The van der Waals surface area contributed by atoms with E-state index < -0.39 is 5.97 Å². The number of benzene rings is 1. The maximum absolute atomic E-state index is 11.3. The second-order valence-corrected chi connectivity index (χ2v) is 5.07. The predicted octanol–water partition coefficient (Wildman–Crippen LogP) is 3.85. The fraction of sp³-hybridized carbons (Fsp3) is 0.375. The van der Waals surface area contributed by atoms with Crippen molar-refractivity contribution < 1.29 is 14.6 Å². The molecule has 1 heterocycles. The second kappa shape index (κ2) is 5.90. The van der Waals surface area contributed by atoms with Crippen LogP contribution in [0.15, 0.2) is 24.3 Å². The Morgan fingerprint density at radius 3 is 2.75 bits per heavy atom. The third-order valence-corrected chi connectivity index (χ3v) is 3.14. The summed E-state index contributed by atoms with van der Waals surface area (Å²) in [6.07, 6.45) is 0.810. The van der Waals surface area contributed by atoms with Gasteiger partial charge in [0.25, 0.3) is 0 Å². The van der Waals surface area contributed by atoms with Crippen LogP contribution in [0.2, 0.25) is 0 Å². The minimum absolute atomic E-state index is 0.117. The first-order valence-corrected chi connectivity index (χ1v) is 6.84. The zero-order valence-corrected chi connectivity index (χ0v) is 12.0. The number of aromatic nitrogens is 1. The second-order valence-electron chi connectivity index (χ2n) is 5.07. The van der Waals surface area contributed by atoms with Gasteiger partial charge in [0.2, 0.25) is 5.88 Å². The number of hydrogen-bond acceptors (Lipinski definition) is 3. The summed E-state index contributed by atoms with van der Waals surface area (Å²) in [6, 6.07) is 7.47. The lowest BCUT2D eigenvalue weighted by Crippen LogP contribution is -2.07. The smallest absolute Gasteiger partial charge is 0.341 e. The van der Waals surface area contributed by atoms with Crippen molar-refractivity contribution >= 4 is 16.9 Å². The Balaban J connectivity index is 2.65. The maximum Gasteiger partial charge on any atom is 0.341 e. The molecule has 0 radical (unpaired) electrons. The summed E-state index contributed by atoms with van der Waals surface area (Å²) >= 11 is 0. The molecule has 0 spiro atoms. The van der Waals surface area contributed by atoms with Crippen molar-refractivity contribution in [2.75, 3.05) is 6.61 Å². The SMILES string of the molecule is CCCOc1nc2c(C(C)C)cccc2cc1C(=O)O. The molecule has 0 saturated heterocycles. The Labute approximate surface area is 118 Å². The van der Waals surface area contributed by atoms with E-state index in [0.29, 0.717) is 12.5 Å². The lowest BCUT2D eigenvalue weighted by atomic mass is 9.99. The van der Waals surface area contributed by atoms with E-state index in [9.17, 15) is 9.90 Å². The summed E-state index contributed by atoms with van der Waals surface area (Å²) in [5, 5.41) is 10.1. The summed E-state index contributed by atoms with van der Waals surface area (Å²) in [6.45, 7) is 6.62. The molecule has 4 nitrogen and oxygen atoms in total. The summed E-state index contributed by atoms with van der Waals surface area (Å²) in [7, 11) is 0. The normalized spacial score (nSPS) is 11.0. The summed E-state index contributed by atoms with van der Waals surface area (Å²) in [4.78, 5) is 15.8. The van der Waals surface area contributed by atoms with Crippen LogP contribution in [0.5, 0.6) is 5.88 Å². The Hall–Kier alpha value is -2.10. The molecule has 106 valence electrons. The number of para-hydroxylation sites is 1. The Morgan fingerprint density at radius 1 is 1.40 bits per heavy atom. The third-order valence-electron chi connectivity index (χ3n) is 3.14. The average molecular weight is 273 g/mol. The van der Waals surface area contributed by atoms with Crippen LogP contribution < -0.4 is 4.74 Å². The van der Waals surface area contributed by atoms with Gasteiger partial charge in [-0.2, -0.15) is 0 Å². The maximum atomic E-state index is 11.3. The van der Waals surface area contributed by atoms with E-state index >= 15 is 0 Å². The zero-order valence-electron chi connectivity index (χ0n) is 12.0. The third kappa shape index (κ3) is 2.74. The lowest BCUT2D eigenvalue weighted by Gasteiger charge is -2.13. The highest BCUT2D eigenvalue weighted by atomic mass is 16.5. The molecule has 1 aromatic carbocycles. The Bertz CT molecular complexity index is 635. The number of pyridine rings is 1. The molecule has 4 heteroatoms. The number of nitrogens with zero attached hydrogens (tertiary/aromatic N) is 1. The number of hydrogen-bond donors (Lipinski definition) is 1. The van der Waals surface area contributed by atoms with Crippen LogP contribution in [0.1, 0.15) is 49.0 Å². The summed E-state index contributed by atoms with van der Waals surface area (Å²) < 4.78 is 5.50. The predicted molar refractivity (Wildman–Crippen MR) is 78.6 cm³/mol. The van der Waals surface area contributed by atoms with Gasteiger partial charge < -0.3 is 9.84 Å². The molecule has 0 unspecified atom stereocenters. The van der Waals surface area contributed by atoms with Crippen LogP contribution >= 0.6 is 0 Å². The molecule has 0 aliphatic carbocycles. The summed E-state index contributed by atoms with van der Waals surface area (Å²) in [5.74, 6) is -0.485. The minimum Gasteiger partial charge on any atom is -0.477 e. The van der Waals surface area contributed by atoms with Gasteiger partial charge in [-0.05, 0) is 24.0 Å². The number of ether oxygens (including phenoxy) is 1. The van der Waals surface area contributed by atoms with Crippen molar-refractivity contribution in [2.45, 2.75) is 33.1 Å². The van der Waals surface area contributed by atoms with E-state index in [2.05, 4.69) is 18.8 Å². The van der Waals surface area contributed by atoms with E-state index in [1.807, 2.05) is 25.1 Å². The molecule has 0 atom stereocenters. The standard InChI is InChI=1S/C16H19NO3/c1-4-8-20-15-13(16(18)19)9-11-6-5-7-12(10(2)3)14(11)17-15/h5-7,9-10H,4,8H2,1-3H3,(H,18,19). The first kappa shape index (κ1) is 14.3. The topological polar surface area (TPSA) is 59.4 Å². The van der Waals surface area contributed by atoms with Gasteiger partial charge in [0.15, 0.2) is 0 Å². The Kier molecular flexibility index (Phi) is 4.23. The molecule has 0 fully saturated rings. The fourth-order valence-corrected chi connectivity index (χ4v) is 2.13. The van der Waals surface area contributed by atoms with Crippen LogP contribution in [0, 0.1) is 0 Å². The van der Waals surface area contributed by atoms with Gasteiger partial charge in [0.1, 0.15) is 5.56 Å². The molecule has 0 aliphatic rings. The van der Waals surface area contributed by atoms with Crippen molar-refractivity contribution in [1.29, 1.82) is 0 Å². The number of carboxylic acid groups (broad SMARTS) is 1. The van der Waals surface area contributed by atoms with Gasteiger partial charge >= 0.3 is 5.97 Å². The molecule has 0 aliphatic heterocycles. The van der Waals surface area contributed by atoms with Crippen LogP contribution in [-0.2, 0) is 0 Å². The largest absolute Gasteiger partial charge is 0.477 e. The summed E-state index contributed by atoms with van der Waals surface area (Å²) in [5.41, 5.74) is 2.03. The van der Waals surface area contributed by atoms with Crippen molar-refractivity contribution in [2.24, 2.45) is 0 Å². The van der Waals surface area contributed by atoms with Crippen LogP contribution in [0.3, 0.4) is 0 Å². The molecular weight excluding hydrogens is 254 g/mol. The Morgan fingerprint density at radius 2 is 2.15 bits per heavy atom. The van der Waals surface area contributed by atoms with Crippen LogP contribution in [0.25, 0.3) is 10.9 Å². The highest BCUT2D eigenvalue weighted by Crippen LogP contribution is 2.28. The van der Waals surface area contributed by atoms with E-state index in [4.69, 9.17) is 4.74 Å². The van der Waals surface area contributed by atoms with E-state index in [0.717, 1.165) is 22.9 Å². The molecule has 2 rings (SSSR count). The molecule has 0 amide bonds. The molecular formula is C16H19NO3. The van der Waals surface area contributed by atoms with Crippen molar-refractivity contribution in [3.05, 3.63) is 35.4 Å². The highest BCUT2D eigenvalue weighted by molar-refractivity contribution is 5.96. The van der Waals surface area contributed by atoms with Gasteiger partial charge in [-0.3, -0.25) is 0 Å². The number of carboxylic acids is 1. The minimum atomic E-state index is -1.01. The zero-order chi connectivity index (χ0) is 14.7. The van der Waals surface area contributed by atoms with E-state index in [-0.39, 0.29) is 11.4 Å². The molecule has 20 heavy (non-hydrogen) atoms. The van der Waals surface area contributed by atoms with E-state index in [1.54, 1.807) is 6.07 Å². The molecule has 0 bridgehead atoms. The van der Waals surface area contributed by atoms with Gasteiger partial charge in [0.05, 0.1) is 12.1 Å².